The van der Waals surface area contributed by atoms with Gasteiger partial charge in [0.1, 0.15) is 18.4 Å². The predicted octanol–water partition coefficient (Wildman–Crippen LogP) is 3.82. The van der Waals surface area contributed by atoms with Gasteiger partial charge in [0.25, 0.3) is 5.91 Å². The summed E-state index contributed by atoms with van der Waals surface area (Å²) in [5.41, 5.74) is 0.645. The molecule has 0 aromatic heterocycles. The van der Waals surface area contributed by atoms with Crippen molar-refractivity contribution in [2.75, 3.05) is 31.8 Å². The van der Waals surface area contributed by atoms with Crippen molar-refractivity contribution in [1.82, 2.24) is 4.90 Å². The van der Waals surface area contributed by atoms with Crippen LogP contribution in [0.2, 0.25) is 0 Å². The van der Waals surface area contributed by atoms with Gasteiger partial charge in [-0.25, -0.2) is 0 Å². The normalized spacial score (nSPS) is 30.4. The largest absolute Gasteiger partial charge is 0.497 e. The number of hydrogen-bond acceptors (Lipinski definition) is 7. The van der Waals surface area contributed by atoms with Crippen LogP contribution in [-0.2, 0) is 19.1 Å². The van der Waals surface area contributed by atoms with Crippen LogP contribution in [0, 0.1) is 17.8 Å². The summed E-state index contributed by atoms with van der Waals surface area (Å²) in [6.45, 7) is 11.5. The highest BCUT2D eigenvalue weighted by atomic mass is 79.9. The molecule has 1 aromatic carbocycles. The Morgan fingerprint density at radius 2 is 2.00 bits per heavy atom. The number of carbonyl (C=O) groups excluding carboxylic acids is 3. The number of esters is 1. The molecule has 3 aliphatic rings. The third-order valence-corrected chi connectivity index (χ3v) is 11.6. The summed E-state index contributed by atoms with van der Waals surface area (Å²) in [4.78, 5) is 45.5. The summed E-state index contributed by atoms with van der Waals surface area (Å²) in [7, 11) is 1.58. The van der Waals surface area contributed by atoms with Gasteiger partial charge in [-0.15, -0.1) is 18.3 Å². The first-order chi connectivity index (χ1) is 18.7. The van der Waals surface area contributed by atoms with Crippen LogP contribution in [0.25, 0.3) is 0 Å². The minimum atomic E-state index is -0.879. The van der Waals surface area contributed by atoms with Gasteiger partial charge >= 0.3 is 5.97 Å². The van der Waals surface area contributed by atoms with Gasteiger partial charge in [-0.05, 0) is 36.6 Å². The average Bonchev–Trinajstić information content (AvgIpc) is 3.54. The second-order valence-electron chi connectivity index (χ2n) is 10.4. The van der Waals surface area contributed by atoms with Gasteiger partial charge in [-0.3, -0.25) is 14.4 Å². The number of halogens is 1. The number of thioether (sulfide) groups is 1. The van der Waals surface area contributed by atoms with Crippen LogP contribution in [0.5, 0.6) is 5.75 Å². The minimum Gasteiger partial charge on any atom is -0.497 e. The Balaban J connectivity index is 1.84. The van der Waals surface area contributed by atoms with E-state index in [2.05, 4.69) is 29.1 Å². The maximum Gasteiger partial charge on any atom is 0.311 e. The molecule has 39 heavy (non-hydrogen) atoms. The van der Waals surface area contributed by atoms with E-state index in [4.69, 9.17) is 9.47 Å². The van der Waals surface area contributed by atoms with Gasteiger partial charge in [0, 0.05) is 22.3 Å². The minimum absolute atomic E-state index is 0.0520. The summed E-state index contributed by atoms with van der Waals surface area (Å²) in [6.07, 6.45) is 4.41. The lowest BCUT2D eigenvalue weighted by atomic mass is 9.71. The van der Waals surface area contributed by atoms with Crippen molar-refractivity contribution in [2.24, 2.45) is 17.8 Å². The second kappa shape index (κ2) is 12.1. The molecule has 8 nitrogen and oxygen atoms in total. The molecule has 3 unspecified atom stereocenters. The smallest absolute Gasteiger partial charge is 0.311 e. The summed E-state index contributed by atoms with van der Waals surface area (Å²) in [5, 5.41) is 10.3. The predicted molar refractivity (Wildman–Crippen MR) is 156 cm³/mol. The molecule has 3 saturated heterocycles. The first-order valence-electron chi connectivity index (χ1n) is 13.3. The summed E-state index contributed by atoms with van der Waals surface area (Å²) < 4.78 is 9.90. The first-order valence-corrected chi connectivity index (χ1v) is 15.1. The Labute approximate surface area is 242 Å². The van der Waals surface area contributed by atoms with Crippen LogP contribution in [0.3, 0.4) is 0 Å². The molecule has 1 spiro atoms. The quantitative estimate of drug-likeness (QED) is 0.216. The Kier molecular flexibility index (Phi) is 9.18. The topological polar surface area (TPSA) is 96.4 Å². The van der Waals surface area contributed by atoms with Crippen LogP contribution >= 0.6 is 27.7 Å². The van der Waals surface area contributed by atoms with E-state index in [1.54, 1.807) is 59.0 Å². The highest BCUT2D eigenvalue weighted by molar-refractivity contribution is 9.09. The van der Waals surface area contributed by atoms with E-state index in [0.29, 0.717) is 24.3 Å². The summed E-state index contributed by atoms with van der Waals surface area (Å²) in [6, 6.07) is 5.71. The first kappa shape index (κ1) is 29.7. The van der Waals surface area contributed by atoms with Crippen molar-refractivity contribution < 1.29 is 29.0 Å². The van der Waals surface area contributed by atoms with Gasteiger partial charge in [0.15, 0.2) is 0 Å². The molecule has 10 heteroatoms. The van der Waals surface area contributed by atoms with E-state index >= 15 is 0 Å². The number of methoxy groups -OCH3 is 1. The van der Waals surface area contributed by atoms with Crippen molar-refractivity contribution in [2.45, 2.75) is 53.6 Å². The fraction of sp³-hybridized carbons (Fsp3) is 0.552. The van der Waals surface area contributed by atoms with E-state index in [9.17, 15) is 19.5 Å². The number of benzene rings is 1. The van der Waals surface area contributed by atoms with Gasteiger partial charge in [0.2, 0.25) is 5.91 Å². The summed E-state index contributed by atoms with van der Waals surface area (Å²) >= 11 is 5.31. The number of hydrogen-bond donors (Lipinski definition) is 1. The van der Waals surface area contributed by atoms with Crippen LogP contribution in [-0.4, -0.2) is 81.6 Å². The number of carbonyl (C=O) groups is 3. The van der Waals surface area contributed by atoms with Crippen LogP contribution < -0.4 is 9.64 Å². The molecule has 2 bridgehead atoms. The molecule has 3 heterocycles. The molecule has 0 aliphatic carbocycles. The monoisotopic (exact) mass is 620 g/mol. The fourth-order valence-electron chi connectivity index (χ4n) is 6.39. The lowest BCUT2D eigenvalue weighted by Gasteiger charge is -2.41. The van der Waals surface area contributed by atoms with E-state index < -0.39 is 34.6 Å². The van der Waals surface area contributed by atoms with Crippen LogP contribution in [0.4, 0.5) is 5.69 Å². The second-order valence-corrected chi connectivity index (χ2v) is 13.1. The zero-order chi connectivity index (χ0) is 28.5. The number of amides is 2. The Bertz CT molecular complexity index is 1120. The molecule has 0 saturated carbocycles. The van der Waals surface area contributed by atoms with Gasteiger partial charge < -0.3 is 24.4 Å². The van der Waals surface area contributed by atoms with Gasteiger partial charge in [0.05, 0.1) is 36.3 Å². The Morgan fingerprint density at radius 3 is 2.56 bits per heavy atom. The molecule has 212 valence electrons. The molecule has 2 amide bonds. The third-order valence-electron chi connectivity index (χ3n) is 8.38. The van der Waals surface area contributed by atoms with Crippen LogP contribution in [0.1, 0.15) is 26.7 Å². The molecule has 3 fully saturated rings. The van der Waals surface area contributed by atoms with Crippen molar-refractivity contribution >= 4 is 51.2 Å². The maximum atomic E-state index is 14.7. The number of rotatable bonds is 12. The van der Waals surface area contributed by atoms with E-state index in [1.807, 2.05) is 13.8 Å². The van der Waals surface area contributed by atoms with E-state index in [-0.39, 0.29) is 47.6 Å². The van der Waals surface area contributed by atoms with Crippen molar-refractivity contribution in [3.8, 4) is 5.75 Å². The van der Waals surface area contributed by atoms with Gasteiger partial charge in [-0.1, -0.05) is 54.9 Å². The molecule has 1 aromatic rings. The fourth-order valence-corrected chi connectivity index (χ4v) is 9.97. The molecule has 8 atom stereocenters. The molecular formula is C29H37BrN2O6S. The zero-order valence-electron chi connectivity index (χ0n) is 22.6. The number of likely N-dealkylation sites (tertiary alicyclic amines) is 1. The molecule has 4 rings (SSSR count). The molecule has 0 radical (unpaired) electrons. The molecular weight excluding hydrogens is 584 g/mol. The Morgan fingerprint density at radius 1 is 1.31 bits per heavy atom. The standard InChI is InChI=1S/C29H37BrN2O6S/c1-6-13-31(18-9-11-19(37-5)12-10-18)27(35)25-29-15-20(30)24(39-29)22(28(36)38-14-7-2)23(29)26(34)32(25)21(16-33)17(4)8-3/h6-7,9-12,17,20-25,33H,1-2,8,13-16H2,3-5H3/t17-,20?,21-,22+,23-,24+,25?,29?/m0/s1. The summed E-state index contributed by atoms with van der Waals surface area (Å²) in [5.74, 6) is -1.82. The number of fused-ring (bicyclic) bond motifs is 1. The number of aliphatic hydroxyl groups excluding tert-OH is 1. The molecule has 3 aliphatic heterocycles. The number of ether oxygens (including phenoxy) is 2. The number of alkyl halides is 1. The highest BCUT2D eigenvalue weighted by Gasteiger charge is 2.76. The van der Waals surface area contributed by atoms with Crippen LogP contribution in [0.15, 0.2) is 49.6 Å². The van der Waals surface area contributed by atoms with E-state index in [0.717, 1.165) is 0 Å². The van der Waals surface area contributed by atoms with E-state index in [1.165, 1.54) is 6.08 Å². The maximum absolute atomic E-state index is 14.7. The lowest BCUT2D eigenvalue weighted by Crippen LogP contribution is -2.59. The lowest BCUT2D eigenvalue weighted by molar-refractivity contribution is -0.153. The van der Waals surface area contributed by atoms with Crippen molar-refractivity contribution in [3.05, 3.63) is 49.6 Å². The van der Waals surface area contributed by atoms with Crippen molar-refractivity contribution in [3.63, 3.8) is 0 Å². The van der Waals surface area contributed by atoms with Gasteiger partial charge in [-0.2, -0.15) is 0 Å². The zero-order valence-corrected chi connectivity index (χ0v) is 25.0. The Hall–Kier alpha value is -2.30. The van der Waals surface area contributed by atoms with Crippen molar-refractivity contribution in [1.29, 1.82) is 0 Å². The number of anilines is 1. The SMILES string of the molecule is C=CCOC(=O)[C@H]1[C@@H]2SC3(CC2Br)C(C(=O)N(CC=C)c2ccc(OC)cc2)N([C@@H](CO)[C@@H](C)CC)C(=O)[C@H]13. The highest BCUT2D eigenvalue weighted by Crippen LogP contribution is 2.68. The third kappa shape index (κ3) is 4.93. The molecule has 1 N–H and O–H groups in total. The number of aliphatic hydroxyl groups is 1. The average molecular weight is 622 g/mol. The number of nitrogens with zero attached hydrogens (tertiary/aromatic N) is 2.